The van der Waals surface area contributed by atoms with Gasteiger partial charge in [0, 0.05) is 12.0 Å². The van der Waals surface area contributed by atoms with Crippen molar-refractivity contribution in [2.75, 3.05) is 13.2 Å². The maximum Gasteiger partial charge on any atom is 0.498 e. The van der Waals surface area contributed by atoms with Gasteiger partial charge in [-0.25, -0.2) is 0 Å². The summed E-state index contributed by atoms with van der Waals surface area (Å²) < 4.78 is 17.7. The third-order valence-corrected chi connectivity index (χ3v) is 4.24. The second-order valence-electron chi connectivity index (χ2n) is 6.41. The van der Waals surface area contributed by atoms with Gasteiger partial charge in [-0.15, -0.1) is 12.4 Å². The van der Waals surface area contributed by atoms with Crippen LogP contribution in [-0.4, -0.2) is 37.4 Å². The Morgan fingerprint density at radius 1 is 1.43 bits per heavy atom. The minimum atomic E-state index is -0.890. The van der Waals surface area contributed by atoms with Crippen LogP contribution < -0.4 is 15.9 Å². The Morgan fingerprint density at radius 3 is 2.83 bits per heavy atom. The van der Waals surface area contributed by atoms with Gasteiger partial charge >= 0.3 is 13.1 Å². The number of rotatable bonds is 4. The van der Waals surface area contributed by atoms with Crippen molar-refractivity contribution in [3.63, 3.8) is 0 Å². The minimum Gasteiger partial charge on any atom is -0.491 e. The van der Waals surface area contributed by atoms with Crippen molar-refractivity contribution >= 4 is 31.0 Å². The van der Waals surface area contributed by atoms with E-state index < -0.39 is 18.5 Å². The smallest absolute Gasteiger partial charge is 0.491 e. The predicted molar refractivity (Wildman–Crippen MR) is 88.4 cm³/mol. The number of halogens is 1. The second kappa shape index (κ2) is 6.69. The Balaban J connectivity index is 0.00000192. The number of carbonyl (C=O) groups is 1. The Hall–Kier alpha value is -1.28. The molecule has 0 saturated carbocycles. The Morgan fingerprint density at radius 2 is 2.17 bits per heavy atom. The van der Waals surface area contributed by atoms with Crippen molar-refractivity contribution < 1.29 is 23.9 Å². The van der Waals surface area contributed by atoms with Crippen LogP contribution in [0.3, 0.4) is 0 Å². The molecule has 2 atom stereocenters. The van der Waals surface area contributed by atoms with Crippen LogP contribution in [0.2, 0.25) is 0 Å². The zero-order valence-corrected chi connectivity index (χ0v) is 14.0. The van der Waals surface area contributed by atoms with Gasteiger partial charge in [0.15, 0.2) is 0 Å². The summed E-state index contributed by atoms with van der Waals surface area (Å²) >= 11 is 0. The molecule has 0 unspecified atom stereocenters. The van der Waals surface area contributed by atoms with Crippen molar-refractivity contribution in [2.45, 2.75) is 32.5 Å². The summed E-state index contributed by atoms with van der Waals surface area (Å²) in [5.41, 5.74) is 6.73. The number of carboxylic acid groups (broad SMARTS) is 1. The van der Waals surface area contributed by atoms with Gasteiger partial charge in [-0.05, 0) is 31.9 Å². The molecule has 126 valence electrons. The lowest BCUT2D eigenvalue weighted by atomic mass is 9.77. The van der Waals surface area contributed by atoms with Gasteiger partial charge in [-0.3, -0.25) is 4.79 Å². The van der Waals surface area contributed by atoms with Crippen LogP contribution >= 0.6 is 12.4 Å². The first-order chi connectivity index (χ1) is 10.4. The molecule has 0 aliphatic carbocycles. The van der Waals surface area contributed by atoms with Gasteiger partial charge in [0.2, 0.25) is 0 Å². The highest BCUT2D eigenvalue weighted by molar-refractivity contribution is 6.64. The highest BCUT2D eigenvalue weighted by Crippen LogP contribution is 2.33. The largest absolute Gasteiger partial charge is 0.498 e. The molecule has 0 spiro atoms. The van der Waals surface area contributed by atoms with Gasteiger partial charge in [0.05, 0.1) is 17.6 Å². The summed E-state index contributed by atoms with van der Waals surface area (Å²) in [6.07, 6.45) is -0.221. The summed E-state index contributed by atoms with van der Waals surface area (Å²) in [6, 6.07) is 5.75. The summed E-state index contributed by atoms with van der Waals surface area (Å²) in [7, 11) is -0.545. The molecule has 0 amide bonds. The molecule has 2 heterocycles. The van der Waals surface area contributed by atoms with Crippen LogP contribution in [-0.2, 0) is 14.1 Å². The maximum absolute atomic E-state index is 11.3. The molecular weight excluding hydrogens is 320 g/mol. The Kier molecular flexibility index (Phi) is 5.25. The van der Waals surface area contributed by atoms with E-state index in [2.05, 4.69) is 0 Å². The number of hydrogen-bond acceptors (Lipinski definition) is 5. The van der Waals surface area contributed by atoms with E-state index in [9.17, 15) is 9.90 Å². The zero-order chi connectivity index (χ0) is 15.9. The summed E-state index contributed by atoms with van der Waals surface area (Å²) in [5.74, 6) is -0.125. The molecule has 0 radical (unpaired) electrons. The van der Waals surface area contributed by atoms with Crippen LogP contribution in [0.15, 0.2) is 18.2 Å². The molecule has 3 N–H and O–H groups in total. The number of aliphatic carboxylic acids is 1. The third kappa shape index (κ3) is 3.33. The molecule has 0 aromatic heterocycles. The van der Waals surface area contributed by atoms with Crippen molar-refractivity contribution in [2.24, 2.45) is 11.1 Å². The Bertz CT molecular complexity index is 597. The third-order valence-electron chi connectivity index (χ3n) is 4.24. The van der Waals surface area contributed by atoms with Crippen LogP contribution in [0.1, 0.15) is 31.9 Å². The zero-order valence-electron chi connectivity index (χ0n) is 13.2. The Labute approximate surface area is 141 Å². The topological polar surface area (TPSA) is 91.0 Å². The first-order valence-electron chi connectivity index (χ1n) is 7.42. The fourth-order valence-corrected chi connectivity index (χ4v) is 2.95. The van der Waals surface area contributed by atoms with Crippen molar-refractivity contribution in [3.05, 3.63) is 23.8 Å². The van der Waals surface area contributed by atoms with E-state index in [1.165, 1.54) is 0 Å². The quantitative estimate of drug-likeness (QED) is 0.797. The number of nitrogens with two attached hydrogens (primary N) is 1. The maximum atomic E-state index is 11.3. The van der Waals surface area contributed by atoms with Crippen molar-refractivity contribution in [1.82, 2.24) is 0 Å². The fourth-order valence-electron chi connectivity index (χ4n) is 2.95. The van der Waals surface area contributed by atoms with Crippen LogP contribution in [0, 0.1) is 5.41 Å². The van der Waals surface area contributed by atoms with E-state index >= 15 is 0 Å². The van der Waals surface area contributed by atoms with Gasteiger partial charge in [-0.2, -0.15) is 0 Å². The van der Waals surface area contributed by atoms with E-state index in [1.807, 2.05) is 18.2 Å². The van der Waals surface area contributed by atoms with Gasteiger partial charge in [0.25, 0.3) is 0 Å². The highest BCUT2D eigenvalue weighted by atomic mass is 35.5. The molecule has 2 aliphatic heterocycles. The van der Waals surface area contributed by atoms with Gasteiger partial charge < -0.3 is 24.9 Å². The molecule has 0 saturated heterocycles. The SMILES string of the molecule is CC(C)(C[C@H]1COc2cccc3c2B(O1)O[C@@H]3CN)C(=O)O.Cl. The molecule has 2 aliphatic rings. The van der Waals surface area contributed by atoms with E-state index in [0.29, 0.717) is 19.6 Å². The molecule has 8 heteroatoms. The lowest BCUT2D eigenvalue weighted by Gasteiger charge is -2.26. The standard InChI is InChI=1S/C15H20BNO5.ClH/c1-15(2,14(18)19)6-9-8-20-11-5-3-4-10-12(7-17)22-16(21-9)13(10)11;/h3-5,9,12H,6-8,17H2,1-2H3,(H,18,19);1H/t9-,12+;/m0./s1. The van der Waals surface area contributed by atoms with Crippen LogP contribution in [0.4, 0.5) is 0 Å². The fraction of sp³-hybridized carbons (Fsp3) is 0.533. The summed E-state index contributed by atoms with van der Waals surface area (Å²) in [4.78, 5) is 11.3. The lowest BCUT2D eigenvalue weighted by Crippen LogP contribution is -2.39. The van der Waals surface area contributed by atoms with Crippen molar-refractivity contribution in [3.8, 4) is 5.75 Å². The molecule has 6 nitrogen and oxygen atoms in total. The average Bonchev–Trinajstić information content (AvgIpc) is 2.73. The van der Waals surface area contributed by atoms with E-state index in [1.54, 1.807) is 13.8 Å². The van der Waals surface area contributed by atoms with Crippen LogP contribution in [0.5, 0.6) is 5.75 Å². The molecular formula is C15H21BClNO5. The molecule has 1 aromatic rings. The monoisotopic (exact) mass is 341 g/mol. The molecule has 3 rings (SSSR count). The molecule has 1 aromatic carbocycles. The normalized spacial score (nSPS) is 22.7. The predicted octanol–water partition coefficient (Wildman–Crippen LogP) is 1.11. The van der Waals surface area contributed by atoms with E-state index in [-0.39, 0.29) is 24.6 Å². The first-order valence-corrected chi connectivity index (χ1v) is 7.42. The van der Waals surface area contributed by atoms with Gasteiger partial charge in [0.1, 0.15) is 12.4 Å². The molecule has 0 fully saturated rings. The van der Waals surface area contributed by atoms with Crippen molar-refractivity contribution in [1.29, 1.82) is 0 Å². The minimum absolute atomic E-state index is 0. The summed E-state index contributed by atoms with van der Waals surface area (Å²) in [6.45, 7) is 4.03. The number of ether oxygens (including phenoxy) is 1. The second-order valence-corrected chi connectivity index (χ2v) is 6.41. The number of benzene rings is 1. The van der Waals surface area contributed by atoms with E-state index in [0.717, 1.165) is 16.8 Å². The molecule has 0 bridgehead atoms. The van der Waals surface area contributed by atoms with Gasteiger partial charge in [-0.1, -0.05) is 12.1 Å². The number of hydrogen-bond donors (Lipinski definition) is 2. The summed E-state index contributed by atoms with van der Waals surface area (Å²) in [5, 5.41) is 9.29. The van der Waals surface area contributed by atoms with Crippen LogP contribution in [0.25, 0.3) is 0 Å². The first kappa shape index (κ1) is 18.1. The average molecular weight is 342 g/mol. The molecule has 23 heavy (non-hydrogen) atoms. The lowest BCUT2D eigenvalue weighted by molar-refractivity contribution is -0.148. The highest BCUT2D eigenvalue weighted by Gasteiger charge is 2.44. The van der Waals surface area contributed by atoms with E-state index in [4.69, 9.17) is 19.8 Å². The number of carboxylic acids is 1.